The summed E-state index contributed by atoms with van der Waals surface area (Å²) in [5, 5.41) is 1.38. The summed E-state index contributed by atoms with van der Waals surface area (Å²) < 4.78 is 7.27. The van der Waals surface area contributed by atoms with Crippen LogP contribution in [0.5, 0.6) is 0 Å². The fourth-order valence-corrected chi connectivity index (χ4v) is 6.40. The molecule has 3 aromatic heterocycles. The molecule has 8 heteroatoms. The molecule has 1 amide bonds. The molecule has 0 spiro atoms. The summed E-state index contributed by atoms with van der Waals surface area (Å²) in [4.78, 5) is 34.1. The first-order chi connectivity index (χ1) is 15.5. The van der Waals surface area contributed by atoms with Gasteiger partial charge in [0.1, 0.15) is 10.6 Å². The van der Waals surface area contributed by atoms with Gasteiger partial charge in [-0.1, -0.05) is 36.0 Å². The van der Waals surface area contributed by atoms with Gasteiger partial charge < -0.3 is 9.32 Å². The third-order valence-electron chi connectivity index (χ3n) is 5.88. The minimum absolute atomic E-state index is 0.0348. The molecule has 1 aliphatic heterocycles. The number of carbonyl (C=O) groups is 1. The smallest absolute Gasteiger partial charge is 0.263 e. The molecule has 0 saturated heterocycles. The van der Waals surface area contributed by atoms with Gasteiger partial charge in [-0.25, -0.2) is 4.98 Å². The van der Waals surface area contributed by atoms with E-state index in [2.05, 4.69) is 19.1 Å². The first-order valence-corrected chi connectivity index (χ1v) is 12.3. The van der Waals surface area contributed by atoms with Crippen molar-refractivity contribution in [1.82, 2.24) is 14.5 Å². The number of fused-ring (bicyclic) bond motifs is 3. The average molecular weight is 466 g/mol. The predicted octanol–water partition coefficient (Wildman–Crippen LogP) is 4.60. The van der Waals surface area contributed by atoms with Crippen LogP contribution in [0.25, 0.3) is 10.2 Å². The number of nitrogens with zero attached hydrogens (tertiary/aromatic N) is 3. The second kappa shape index (κ2) is 8.60. The van der Waals surface area contributed by atoms with Crippen LogP contribution in [0.2, 0.25) is 0 Å². The predicted molar refractivity (Wildman–Crippen MR) is 127 cm³/mol. The molecule has 0 saturated carbocycles. The zero-order valence-corrected chi connectivity index (χ0v) is 19.6. The molecule has 4 aromatic rings. The van der Waals surface area contributed by atoms with Gasteiger partial charge in [0.25, 0.3) is 5.56 Å². The summed E-state index contributed by atoms with van der Waals surface area (Å²) in [7, 11) is 0. The number of aromatic nitrogens is 2. The monoisotopic (exact) mass is 465 g/mol. The Balaban J connectivity index is 1.59. The second-order valence-electron chi connectivity index (χ2n) is 7.95. The Morgan fingerprint density at radius 1 is 1.25 bits per heavy atom. The van der Waals surface area contributed by atoms with Gasteiger partial charge in [-0.15, -0.1) is 11.3 Å². The molecule has 1 aliphatic rings. The van der Waals surface area contributed by atoms with Crippen LogP contribution in [0.3, 0.4) is 0 Å². The highest BCUT2D eigenvalue weighted by Crippen LogP contribution is 2.34. The largest absolute Gasteiger partial charge is 0.467 e. The summed E-state index contributed by atoms with van der Waals surface area (Å²) in [5.74, 6) is 1.51. The maximum absolute atomic E-state index is 13.7. The lowest BCUT2D eigenvalue weighted by Crippen LogP contribution is -2.34. The number of amides is 1. The summed E-state index contributed by atoms with van der Waals surface area (Å²) in [6.07, 6.45) is 2.30. The molecule has 0 unspecified atom stereocenters. The van der Waals surface area contributed by atoms with E-state index in [1.165, 1.54) is 22.5 Å². The van der Waals surface area contributed by atoms with Crippen molar-refractivity contribution in [2.75, 3.05) is 6.54 Å². The van der Waals surface area contributed by atoms with Crippen LogP contribution in [0.1, 0.15) is 34.3 Å². The Morgan fingerprint density at radius 2 is 2.09 bits per heavy atom. The molecule has 1 aromatic carbocycles. The van der Waals surface area contributed by atoms with Gasteiger partial charge in [0.2, 0.25) is 5.91 Å². The van der Waals surface area contributed by atoms with E-state index < -0.39 is 0 Å². The van der Waals surface area contributed by atoms with Crippen LogP contribution in [-0.4, -0.2) is 26.9 Å². The van der Waals surface area contributed by atoms with E-state index in [1.807, 2.05) is 29.2 Å². The number of rotatable bonds is 5. The molecule has 0 atom stereocenters. The van der Waals surface area contributed by atoms with E-state index in [-0.39, 0.29) is 11.5 Å². The molecule has 4 heterocycles. The molecular formula is C24H23N3O3S2. The van der Waals surface area contributed by atoms with Crippen LogP contribution in [0.15, 0.2) is 57.0 Å². The van der Waals surface area contributed by atoms with Crippen molar-refractivity contribution in [1.29, 1.82) is 0 Å². The standard InChI is InChI=1S/C24H23N3O3S2/c1-15-6-3-4-7-17(15)14-31-24-25-22-21(23(29)27(24)12-18-8-5-11-30-18)19-9-10-26(16(2)28)13-20(19)32-22/h3-8,11H,9-10,12-14H2,1-2H3. The lowest BCUT2D eigenvalue weighted by Gasteiger charge is -2.25. The number of thiophene rings is 1. The van der Waals surface area contributed by atoms with Crippen LogP contribution < -0.4 is 5.56 Å². The number of aryl methyl sites for hydroxylation is 1. The Kier molecular flexibility index (Phi) is 5.65. The normalized spacial score (nSPS) is 13.5. The lowest BCUT2D eigenvalue weighted by molar-refractivity contribution is -0.129. The number of hydrogen-bond donors (Lipinski definition) is 0. The van der Waals surface area contributed by atoms with E-state index in [0.717, 1.165) is 26.8 Å². The Bertz CT molecular complexity index is 1360. The van der Waals surface area contributed by atoms with Gasteiger partial charge in [-0.2, -0.15) is 0 Å². The minimum atomic E-state index is -0.0348. The number of furan rings is 1. The van der Waals surface area contributed by atoms with Crippen molar-refractivity contribution >= 4 is 39.2 Å². The summed E-state index contributed by atoms with van der Waals surface area (Å²) >= 11 is 3.10. The molecule has 0 aliphatic carbocycles. The van der Waals surface area contributed by atoms with Gasteiger partial charge in [0.05, 0.1) is 24.7 Å². The van der Waals surface area contributed by atoms with E-state index in [4.69, 9.17) is 9.40 Å². The van der Waals surface area contributed by atoms with Crippen LogP contribution in [-0.2, 0) is 30.1 Å². The number of benzene rings is 1. The SMILES string of the molecule is CC(=O)N1CCc2c(sc3nc(SCc4ccccc4C)n(Cc4ccco4)c(=O)c23)C1. The molecule has 6 nitrogen and oxygen atoms in total. The molecular weight excluding hydrogens is 442 g/mol. The number of thioether (sulfide) groups is 1. The minimum Gasteiger partial charge on any atom is -0.467 e. The highest BCUT2D eigenvalue weighted by molar-refractivity contribution is 7.98. The second-order valence-corrected chi connectivity index (χ2v) is 9.98. The Hall–Kier alpha value is -2.84. The fraction of sp³-hybridized carbons (Fsp3) is 0.292. The zero-order valence-electron chi connectivity index (χ0n) is 18.0. The van der Waals surface area contributed by atoms with E-state index in [1.54, 1.807) is 29.5 Å². The number of carbonyl (C=O) groups excluding carboxylic acids is 1. The van der Waals surface area contributed by atoms with Crippen molar-refractivity contribution in [2.24, 2.45) is 0 Å². The van der Waals surface area contributed by atoms with Crippen LogP contribution >= 0.6 is 23.1 Å². The van der Waals surface area contributed by atoms with Gasteiger partial charge >= 0.3 is 0 Å². The van der Waals surface area contributed by atoms with Crippen molar-refractivity contribution < 1.29 is 9.21 Å². The van der Waals surface area contributed by atoms with Crippen molar-refractivity contribution in [3.05, 3.63) is 80.3 Å². The van der Waals surface area contributed by atoms with E-state index in [9.17, 15) is 9.59 Å². The van der Waals surface area contributed by atoms with Gasteiger partial charge in [0, 0.05) is 24.1 Å². The van der Waals surface area contributed by atoms with Crippen LogP contribution in [0.4, 0.5) is 0 Å². The molecule has 0 bridgehead atoms. The molecule has 32 heavy (non-hydrogen) atoms. The van der Waals surface area contributed by atoms with Crippen molar-refractivity contribution in [2.45, 2.75) is 44.3 Å². The maximum atomic E-state index is 13.7. The summed E-state index contributed by atoms with van der Waals surface area (Å²) in [6, 6.07) is 12.0. The van der Waals surface area contributed by atoms with E-state index in [0.29, 0.717) is 36.6 Å². The Morgan fingerprint density at radius 3 is 2.84 bits per heavy atom. The molecule has 0 radical (unpaired) electrons. The molecule has 164 valence electrons. The summed E-state index contributed by atoms with van der Waals surface area (Å²) in [6.45, 7) is 5.21. The topological polar surface area (TPSA) is 68.3 Å². The third kappa shape index (κ3) is 3.89. The first kappa shape index (κ1) is 21.0. The fourth-order valence-electron chi connectivity index (χ4n) is 4.05. The molecule has 0 fully saturated rings. The van der Waals surface area contributed by atoms with Crippen LogP contribution in [0, 0.1) is 6.92 Å². The third-order valence-corrected chi connectivity index (χ3v) is 8.02. The maximum Gasteiger partial charge on any atom is 0.263 e. The highest BCUT2D eigenvalue weighted by atomic mass is 32.2. The van der Waals surface area contributed by atoms with Gasteiger partial charge in [0.15, 0.2) is 5.16 Å². The van der Waals surface area contributed by atoms with E-state index >= 15 is 0 Å². The number of hydrogen-bond acceptors (Lipinski definition) is 6. The quantitative estimate of drug-likeness (QED) is 0.318. The molecule has 5 rings (SSSR count). The summed E-state index contributed by atoms with van der Waals surface area (Å²) in [5.41, 5.74) is 3.45. The first-order valence-electron chi connectivity index (χ1n) is 10.5. The highest BCUT2D eigenvalue weighted by Gasteiger charge is 2.26. The van der Waals surface area contributed by atoms with Crippen molar-refractivity contribution in [3.63, 3.8) is 0 Å². The lowest BCUT2D eigenvalue weighted by atomic mass is 10.1. The van der Waals surface area contributed by atoms with Crippen molar-refractivity contribution in [3.8, 4) is 0 Å². The van der Waals surface area contributed by atoms with Gasteiger partial charge in [-0.3, -0.25) is 14.2 Å². The van der Waals surface area contributed by atoms with Gasteiger partial charge in [-0.05, 0) is 42.2 Å². The Labute approximate surface area is 193 Å². The molecule has 0 N–H and O–H groups in total. The average Bonchev–Trinajstić information content (AvgIpc) is 3.42. The zero-order chi connectivity index (χ0) is 22.2.